The van der Waals surface area contributed by atoms with E-state index in [1.54, 1.807) is 31.2 Å². The highest BCUT2D eigenvalue weighted by Crippen LogP contribution is 2.31. The highest BCUT2D eigenvalue weighted by molar-refractivity contribution is 6.33. The SMILES string of the molecule is CCC(CC)NC(=O)COC(=O)c1c(-c2ccccc2Cl)noc1C. The van der Waals surface area contributed by atoms with Crippen LogP contribution in [0.4, 0.5) is 0 Å². The van der Waals surface area contributed by atoms with Gasteiger partial charge in [-0.25, -0.2) is 4.79 Å². The monoisotopic (exact) mass is 364 g/mol. The van der Waals surface area contributed by atoms with Gasteiger partial charge < -0.3 is 14.6 Å². The molecule has 7 heteroatoms. The zero-order valence-corrected chi connectivity index (χ0v) is 15.2. The summed E-state index contributed by atoms with van der Waals surface area (Å²) in [6.07, 6.45) is 1.63. The number of halogens is 1. The van der Waals surface area contributed by atoms with E-state index < -0.39 is 5.97 Å². The molecule has 0 saturated carbocycles. The molecular formula is C18H21ClN2O4. The van der Waals surface area contributed by atoms with E-state index in [-0.39, 0.29) is 24.1 Å². The minimum absolute atomic E-state index is 0.0715. The number of nitrogens with zero attached hydrogens (tertiary/aromatic N) is 1. The minimum atomic E-state index is -0.673. The summed E-state index contributed by atoms with van der Waals surface area (Å²) >= 11 is 6.16. The fourth-order valence-corrected chi connectivity index (χ4v) is 2.64. The number of aryl methyl sites for hydroxylation is 1. The standard InChI is InChI=1S/C18H21ClN2O4/c1-4-12(5-2)20-15(22)10-24-18(23)16-11(3)25-21-17(16)13-8-6-7-9-14(13)19/h6-9,12H,4-5,10H2,1-3H3,(H,20,22). The predicted octanol–water partition coefficient (Wildman–Crippen LogP) is 3.77. The van der Waals surface area contributed by atoms with E-state index in [4.69, 9.17) is 20.9 Å². The first-order chi connectivity index (χ1) is 12.0. The molecule has 0 unspecified atom stereocenters. The van der Waals surface area contributed by atoms with Gasteiger partial charge in [-0.3, -0.25) is 4.79 Å². The number of aromatic nitrogens is 1. The Kier molecular flexibility index (Phi) is 6.58. The van der Waals surface area contributed by atoms with Crippen molar-refractivity contribution in [3.63, 3.8) is 0 Å². The average molecular weight is 365 g/mol. The van der Waals surface area contributed by atoms with E-state index in [1.807, 2.05) is 13.8 Å². The highest BCUT2D eigenvalue weighted by atomic mass is 35.5. The Morgan fingerprint density at radius 3 is 2.60 bits per heavy atom. The Bertz CT molecular complexity index is 753. The third-order valence-corrected chi connectivity index (χ3v) is 4.21. The molecule has 0 aliphatic heterocycles. The second kappa shape index (κ2) is 8.67. The van der Waals surface area contributed by atoms with Crippen LogP contribution in [-0.4, -0.2) is 29.7 Å². The van der Waals surface area contributed by atoms with Crippen LogP contribution < -0.4 is 5.32 Å². The molecule has 1 heterocycles. The molecule has 1 N–H and O–H groups in total. The van der Waals surface area contributed by atoms with Crippen LogP contribution in [0.15, 0.2) is 28.8 Å². The van der Waals surface area contributed by atoms with Gasteiger partial charge in [-0.05, 0) is 25.8 Å². The summed E-state index contributed by atoms with van der Waals surface area (Å²) in [7, 11) is 0. The number of nitrogens with one attached hydrogen (secondary N) is 1. The molecular weight excluding hydrogens is 344 g/mol. The summed E-state index contributed by atoms with van der Waals surface area (Å²) in [6, 6.07) is 7.06. The highest BCUT2D eigenvalue weighted by Gasteiger charge is 2.25. The van der Waals surface area contributed by atoms with E-state index in [2.05, 4.69) is 10.5 Å². The van der Waals surface area contributed by atoms with E-state index in [0.717, 1.165) is 12.8 Å². The van der Waals surface area contributed by atoms with Crippen LogP contribution in [-0.2, 0) is 9.53 Å². The van der Waals surface area contributed by atoms with Gasteiger partial charge in [-0.15, -0.1) is 0 Å². The van der Waals surface area contributed by atoms with Crippen molar-refractivity contribution in [1.29, 1.82) is 0 Å². The van der Waals surface area contributed by atoms with Crippen molar-refractivity contribution in [3.05, 3.63) is 40.6 Å². The molecule has 134 valence electrons. The van der Waals surface area contributed by atoms with Crippen molar-refractivity contribution in [3.8, 4) is 11.3 Å². The molecule has 0 aliphatic carbocycles. The largest absolute Gasteiger partial charge is 0.452 e. The van der Waals surface area contributed by atoms with Gasteiger partial charge in [0.2, 0.25) is 0 Å². The third-order valence-electron chi connectivity index (χ3n) is 3.88. The topological polar surface area (TPSA) is 81.4 Å². The van der Waals surface area contributed by atoms with Crippen LogP contribution in [0, 0.1) is 6.92 Å². The fraction of sp³-hybridized carbons (Fsp3) is 0.389. The lowest BCUT2D eigenvalue weighted by Gasteiger charge is -2.14. The molecule has 0 bridgehead atoms. The van der Waals surface area contributed by atoms with E-state index in [9.17, 15) is 9.59 Å². The molecule has 2 rings (SSSR count). The summed E-state index contributed by atoms with van der Waals surface area (Å²) < 4.78 is 10.2. The van der Waals surface area contributed by atoms with Crippen molar-refractivity contribution in [1.82, 2.24) is 10.5 Å². The quantitative estimate of drug-likeness (QED) is 0.756. The van der Waals surface area contributed by atoms with Crippen molar-refractivity contribution in [2.45, 2.75) is 39.7 Å². The second-order valence-electron chi connectivity index (χ2n) is 5.60. The summed E-state index contributed by atoms with van der Waals surface area (Å²) in [5.41, 5.74) is 1.03. The zero-order valence-electron chi connectivity index (χ0n) is 14.5. The Morgan fingerprint density at radius 1 is 1.28 bits per heavy atom. The maximum absolute atomic E-state index is 12.4. The molecule has 0 atom stereocenters. The van der Waals surface area contributed by atoms with Crippen molar-refractivity contribution in [2.75, 3.05) is 6.61 Å². The van der Waals surface area contributed by atoms with Crippen LogP contribution in [0.2, 0.25) is 5.02 Å². The van der Waals surface area contributed by atoms with Gasteiger partial charge in [-0.2, -0.15) is 0 Å². The molecule has 0 fully saturated rings. The number of carbonyl (C=O) groups excluding carboxylic acids is 2. The van der Waals surface area contributed by atoms with Gasteiger partial charge in [0.1, 0.15) is 17.0 Å². The van der Waals surface area contributed by atoms with Crippen LogP contribution >= 0.6 is 11.6 Å². The first-order valence-electron chi connectivity index (χ1n) is 8.15. The molecule has 25 heavy (non-hydrogen) atoms. The summed E-state index contributed by atoms with van der Waals surface area (Å²) in [6.45, 7) is 5.21. The maximum Gasteiger partial charge on any atom is 0.344 e. The van der Waals surface area contributed by atoms with Gasteiger partial charge in [0, 0.05) is 11.6 Å². The molecule has 0 aliphatic rings. The van der Waals surface area contributed by atoms with Crippen LogP contribution in [0.25, 0.3) is 11.3 Å². The maximum atomic E-state index is 12.4. The average Bonchev–Trinajstić information content (AvgIpc) is 2.99. The lowest BCUT2D eigenvalue weighted by molar-refractivity contribution is -0.125. The molecule has 1 amide bonds. The van der Waals surface area contributed by atoms with Crippen LogP contribution in [0.5, 0.6) is 0 Å². The van der Waals surface area contributed by atoms with Crippen molar-refractivity contribution >= 4 is 23.5 Å². The number of hydrogen-bond donors (Lipinski definition) is 1. The number of benzene rings is 1. The normalized spacial score (nSPS) is 10.8. The molecule has 1 aromatic carbocycles. The number of amides is 1. The first kappa shape index (κ1) is 19.0. The predicted molar refractivity (Wildman–Crippen MR) is 94.5 cm³/mol. The Hall–Kier alpha value is -2.34. The minimum Gasteiger partial charge on any atom is -0.452 e. The lowest BCUT2D eigenvalue weighted by atomic mass is 10.1. The summed E-state index contributed by atoms with van der Waals surface area (Å²) in [4.78, 5) is 24.3. The van der Waals surface area contributed by atoms with Crippen LogP contribution in [0.1, 0.15) is 42.8 Å². The van der Waals surface area contributed by atoms with Crippen LogP contribution in [0.3, 0.4) is 0 Å². The number of esters is 1. The Balaban J connectivity index is 2.12. The Morgan fingerprint density at radius 2 is 1.96 bits per heavy atom. The molecule has 0 radical (unpaired) electrons. The molecule has 1 aromatic heterocycles. The fourth-order valence-electron chi connectivity index (χ4n) is 2.42. The zero-order chi connectivity index (χ0) is 18.4. The van der Waals surface area contributed by atoms with E-state index in [1.165, 1.54) is 0 Å². The number of ether oxygens (including phenoxy) is 1. The molecule has 2 aromatic rings. The lowest BCUT2D eigenvalue weighted by Crippen LogP contribution is -2.36. The third kappa shape index (κ3) is 4.60. The summed E-state index contributed by atoms with van der Waals surface area (Å²) in [5, 5.41) is 7.16. The molecule has 0 spiro atoms. The van der Waals surface area contributed by atoms with Crippen molar-refractivity contribution in [2.24, 2.45) is 0 Å². The van der Waals surface area contributed by atoms with Gasteiger partial charge in [-0.1, -0.05) is 48.8 Å². The van der Waals surface area contributed by atoms with Gasteiger partial charge in [0.25, 0.3) is 5.91 Å². The van der Waals surface area contributed by atoms with Gasteiger partial charge in [0.15, 0.2) is 6.61 Å². The number of hydrogen-bond acceptors (Lipinski definition) is 5. The van der Waals surface area contributed by atoms with Gasteiger partial charge in [0.05, 0.1) is 5.02 Å². The van der Waals surface area contributed by atoms with Gasteiger partial charge >= 0.3 is 5.97 Å². The number of carbonyl (C=O) groups is 2. The molecule has 0 saturated heterocycles. The molecule has 6 nitrogen and oxygen atoms in total. The van der Waals surface area contributed by atoms with E-state index in [0.29, 0.717) is 22.0 Å². The van der Waals surface area contributed by atoms with Crippen molar-refractivity contribution < 1.29 is 18.8 Å². The smallest absolute Gasteiger partial charge is 0.344 e. The Labute approximate surface area is 151 Å². The summed E-state index contributed by atoms with van der Waals surface area (Å²) in [5.74, 6) is -0.705. The number of rotatable bonds is 7. The van der Waals surface area contributed by atoms with E-state index >= 15 is 0 Å². The second-order valence-corrected chi connectivity index (χ2v) is 6.01. The first-order valence-corrected chi connectivity index (χ1v) is 8.53.